The lowest BCUT2D eigenvalue weighted by Gasteiger charge is -2.08. The molecule has 0 spiro atoms. The van der Waals surface area contributed by atoms with Crippen LogP contribution in [0.2, 0.25) is 0 Å². The maximum atomic E-state index is 11.3. The van der Waals surface area contributed by atoms with E-state index in [1.807, 2.05) is 6.92 Å². The molecule has 0 aliphatic carbocycles. The highest BCUT2D eigenvalue weighted by atomic mass is 16.5. The van der Waals surface area contributed by atoms with Crippen LogP contribution in [-0.4, -0.2) is 46.7 Å². The summed E-state index contributed by atoms with van der Waals surface area (Å²) in [5.74, 6) is -0.277. The molecule has 0 bridgehead atoms. The summed E-state index contributed by atoms with van der Waals surface area (Å²) in [5, 5.41) is 26.8. The van der Waals surface area contributed by atoms with Gasteiger partial charge in [-0.1, -0.05) is 117 Å². The number of esters is 1. The Morgan fingerprint density at radius 1 is 0.656 bits per heavy atom. The third-order valence-corrected chi connectivity index (χ3v) is 5.74. The number of carbonyl (C=O) groups is 1. The van der Waals surface area contributed by atoms with Gasteiger partial charge in [0.15, 0.2) is 0 Å². The molecule has 2 unspecified atom stereocenters. The number of aliphatic hydroxyl groups is 3. The number of ether oxygens (including phenoxy) is 1. The Kier molecular flexibility index (Phi) is 29.7. The smallest absolute Gasteiger partial charge is 0.305 e. The van der Waals surface area contributed by atoms with E-state index in [1.165, 1.54) is 89.9 Å². The summed E-state index contributed by atoms with van der Waals surface area (Å²) in [4.78, 5) is 11.3. The zero-order chi connectivity index (χ0) is 24.3. The lowest BCUT2D eigenvalue weighted by Crippen LogP contribution is -2.21. The van der Waals surface area contributed by atoms with E-state index in [0.717, 1.165) is 25.7 Å². The predicted octanol–water partition coefficient (Wildman–Crippen LogP) is 6.70. The maximum Gasteiger partial charge on any atom is 0.305 e. The summed E-state index contributed by atoms with van der Waals surface area (Å²) in [6, 6.07) is 0. The van der Waals surface area contributed by atoms with Gasteiger partial charge in [0.05, 0.1) is 12.7 Å². The summed E-state index contributed by atoms with van der Waals surface area (Å²) < 4.78 is 4.85. The first-order chi connectivity index (χ1) is 15.5. The molecule has 32 heavy (non-hydrogen) atoms. The zero-order valence-electron chi connectivity index (χ0n) is 21.7. The lowest BCUT2D eigenvalue weighted by molar-refractivity contribution is -0.147. The van der Waals surface area contributed by atoms with Crippen LogP contribution in [0.4, 0.5) is 0 Å². The first kappa shape index (κ1) is 33.5. The molecule has 0 radical (unpaired) electrons. The van der Waals surface area contributed by atoms with E-state index in [0.29, 0.717) is 6.42 Å². The van der Waals surface area contributed by atoms with E-state index in [1.54, 1.807) is 0 Å². The summed E-state index contributed by atoms with van der Waals surface area (Å²) >= 11 is 0. The summed E-state index contributed by atoms with van der Waals surface area (Å²) in [6.45, 7) is 5.99. The van der Waals surface area contributed by atoms with Gasteiger partial charge in [-0.05, 0) is 19.3 Å². The minimum atomic E-state index is -0.953. The fourth-order valence-corrected chi connectivity index (χ4v) is 3.44. The largest absolute Gasteiger partial charge is 0.463 e. The van der Waals surface area contributed by atoms with Gasteiger partial charge < -0.3 is 20.1 Å². The minimum absolute atomic E-state index is 0.0449. The monoisotopic (exact) mass is 460 g/mol. The Hall–Kier alpha value is -0.650. The van der Waals surface area contributed by atoms with E-state index >= 15 is 0 Å². The number of aliphatic hydroxyl groups excluding tert-OH is 3. The second-order valence-electron chi connectivity index (χ2n) is 9.07. The molecule has 2 atom stereocenters. The third-order valence-electron chi connectivity index (χ3n) is 5.74. The van der Waals surface area contributed by atoms with Crippen molar-refractivity contribution < 1.29 is 24.9 Å². The SMILES string of the molecule is CCCCCC(O)CC.CCCCCCCCCCCCCCCC(=O)OCC(O)CO. The average molecular weight is 461 g/mol. The van der Waals surface area contributed by atoms with Crippen LogP contribution in [0.3, 0.4) is 0 Å². The third kappa shape index (κ3) is 29.4. The Morgan fingerprint density at radius 2 is 1.09 bits per heavy atom. The molecule has 0 saturated carbocycles. The van der Waals surface area contributed by atoms with Crippen molar-refractivity contribution >= 4 is 5.97 Å². The fourth-order valence-electron chi connectivity index (χ4n) is 3.44. The molecule has 0 rings (SSSR count). The zero-order valence-corrected chi connectivity index (χ0v) is 21.7. The first-order valence-electron chi connectivity index (χ1n) is 13.6. The van der Waals surface area contributed by atoms with Crippen molar-refractivity contribution in [2.24, 2.45) is 0 Å². The number of hydrogen-bond donors (Lipinski definition) is 3. The molecule has 0 aromatic carbocycles. The van der Waals surface area contributed by atoms with Gasteiger partial charge in [-0.25, -0.2) is 0 Å². The van der Waals surface area contributed by atoms with Crippen molar-refractivity contribution in [3.8, 4) is 0 Å². The van der Waals surface area contributed by atoms with Crippen LogP contribution >= 0.6 is 0 Å². The van der Waals surface area contributed by atoms with E-state index < -0.39 is 6.10 Å². The highest BCUT2D eigenvalue weighted by molar-refractivity contribution is 5.69. The van der Waals surface area contributed by atoms with Crippen LogP contribution in [0.5, 0.6) is 0 Å². The summed E-state index contributed by atoms with van der Waals surface area (Å²) in [6.07, 6.45) is 21.7. The van der Waals surface area contributed by atoms with Gasteiger partial charge in [0.2, 0.25) is 0 Å². The molecule has 0 amide bonds. The molecular weight excluding hydrogens is 404 g/mol. The second kappa shape index (κ2) is 28.4. The van der Waals surface area contributed by atoms with Gasteiger partial charge in [-0.3, -0.25) is 4.79 Å². The number of unbranched alkanes of at least 4 members (excludes halogenated alkanes) is 14. The molecule has 0 heterocycles. The van der Waals surface area contributed by atoms with Gasteiger partial charge in [-0.15, -0.1) is 0 Å². The first-order valence-corrected chi connectivity index (χ1v) is 13.6. The highest BCUT2D eigenvalue weighted by Crippen LogP contribution is 2.13. The molecule has 5 heteroatoms. The van der Waals surface area contributed by atoms with E-state index in [4.69, 9.17) is 20.1 Å². The topological polar surface area (TPSA) is 87.0 Å². The van der Waals surface area contributed by atoms with E-state index in [9.17, 15) is 4.79 Å². The fraction of sp³-hybridized carbons (Fsp3) is 0.963. The summed E-state index contributed by atoms with van der Waals surface area (Å²) in [7, 11) is 0. The van der Waals surface area contributed by atoms with E-state index in [-0.39, 0.29) is 25.3 Å². The summed E-state index contributed by atoms with van der Waals surface area (Å²) in [5.41, 5.74) is 0. The standard InChI is InChI=1S/C19H38O4.C8H18O/c1-2-3-4-5-6-7-8-9-10-11-12-13-14-15-19(22)23-17-18(21)16-20;1-3-5-6-7-8(9)4-2/h18,20-21H,2-17H2,1H3;8-9H,3-7H2,1-2H3. The van der Waals surface area contributed by atoms with Crippen molar-refractivity contribution in [3.05, 3.63) is 0 Å². The molecular formula is C27H56O5. The van der Waals surface area contributed by atoms with Crippen LogP contribution in [0, 0.1) is 0 Å². The molecule has 0 aliphatic rings. The lowest BCUT2D eigenvalue weighted by atomic mass is 10.0. The van der Waals surface area contributed by atoms with Crippen LogP contribution in [0.15, 0.2) is 0 Å². The van der Waals surface area contributed by atoms with Crippen LogP contribution < -0.4 is 0 Å². The second-order valence-corrected chi connectivity index (χ2v) is 9.07. The van der Waals surface area contributed by atoms with Crippen molar-refractivity contribution in [1.29, 1.82) is 0 Å². The number of rotatable bonds is 22. The molecule has 3 N–H and O–H groups in total. The van der Waals surface area contributed by atoms with Gasteiger partial charge in [0.1, 0.15) is 12.7 Å². The molecule has 5 nitrogen and oxygen atoms in total. The van der Waals surface area contributed by atoms with Gasteiger partial charge in [0, 0.05) is 6.42 Å². The molecule has 0 aliphatic heterocycles. The molecule has 0 aromatic rings. The quantitative estimate of drug-likeness (QED) is 0.124. The van der Waals surface area contributed by atoms with Crippen molar-refractivity contribution in [2.75, 3.05) is 13.2 Å². The Bertz CT molecular complexity index is 362. The normalized spacial score (nSPS) is 12.7. The average Bonchev–Trinajstić information content (AvgIpc) is 2.80. The van der Waals surface area contributed by atoms with E-state index in [2.05, 4.69) is 13.8 Å². The maximum absolute atomic E-state index is 11.3. The molecule has 0 saturated heterocycles. The van der Waals surface area contributed by atoms with Crippen molar-refractivity contribution in [2.45, 2.75) is 155 Å². The van der Waals surface area contributed by atoms with Crippen LogP contribution in [0.1, 0.15) is 143 Å². The van der Waals surface area contributed by atoms with Crippen molar-refractivity contribution in [3.63, 3.8) is 0 Å². The molecule has 0 fully saturated rings. The Morgan fingerprint density at radius 3 is 1.53 bits per heavy atom. The number of hydrogen-bond acceptors (Lipinski definition) is 5. The van der Waals surface area contributed by atoms with Crippen molar-refractivity contribution in [1.82, 2.24) is 0 Å². The molecule has 0 aromatic heterocycles. The Labute approximate surface area is 199 Å². The molecule has 194 valence electrons. The van der Waals surface area contributed by atoms with Gasteiger partial charge in [-0.2, -0.15) is 0 Å². The highest BCUT2D eigenvalue weighted by Gasteiger charge is 2.07. The Balaban J connectivity index is 0. The van der Waals surface area contributed by atoms with Gasteiger partial charge in [0.25, 0.3) is 0 Å². The number of carbonyl (C=O) groups excluding carboxylic acids is 1. The predicted molar refractivity (Wildman–Crippen MR) is 135 cm³/mol. The van der Waals surface area contributed by atoms with Crippen LogP contribution in [0.25, 0.3) is 0 Å². The van der Waals surface area contributed by atoms with Gasteiger partial charge >= 0.3 is 5.97 Å². The van der Waals surface area contributed by atoms with Crippen LogP contribution in [-0.2, 0) is 9.53 Å². The minimum Gasteiger partial charge on any atom is -0.463 e.